The number of hydrogen-bond acceptors (Lipinski definition) is 24. The number of carboxylic acid groups (broad SMARTS) is 1. The Morgan fingerprint density at radius 1 is 0.563 bits per heavy atom. The minimum absolute atomic E-state index is 0.00921. The summed E-state index contributed by atoms with van der Waals surface area (Å²) in [6.07, 6.45) is -0.595. The van der Waals surface area contributed by atoms with Gasteiger partial charge in [-0.05, 0) is 81.0 Å². The molecule has 4 aliphatic rings. The number of rotatable bonds is 19. The van der Waals surface area contributed by atoms with Crippen molar-refractivity contribution in [3.63, 3.8) is 0 Å². The van der Waals surface area contributed by atoms with E-state index in [9.17, 15) is 91.7 Å². The molecule has 4 aromatic rings. The van der Waals surface area contributed by atoms with Gasteiger partial charge >= 0.3 is 5.97 Å². The molecule has 126 heavy (non-hydrogen) atoms. The lowest BCUT2D eigenvalue weighted by molar-refractivity contribution is -0.143. The van der Waals surface area contributed by atoms with Crippen molar-refractivity contribution in [3.05, 3.63) is 72.1 Å². The second kappa shape index (κ2) is 48.0. The number of aliphatic hydroxyl groups excluding tert-OH is 1. The Kier molecular flexibility index (Phi) is 38.1. The van der Waals surface area contributed by atoms with Crippen LogP contribution < -0.4 is 70.0 Å². The normalized spacial score (nSPS) is 25.2. The molecule has 40 nitrogen and oxygen atoms in total. The number of carbonyl (C=O) groups excluding carboxylic acids is 18. The van der Waals surface area contributed by atoms with Gasteiger partial charge in [-0.3, -0.25) is 91.1 Å². The van der Waals surface area contributed by atoms with Crippen LogP contribution in [0, 0.1) is 23.7 Å². The van der Waals surface area contributed by atoms with Crippen LogP contribution in [0.5, 0.6) is 0 Å². The van der Waals surface area contributed by atoms with Crippen LogP contribution in [0.25, 0.3) is 21.8 Å². The number of carboxylic acids is 1. The molecule has 43 heteroatoms. The number of aliphatic carboxylic acids is 1. The van der Waals surface area contributed by atoms with Crippen LogP contribution in [0.3, 0.4) is 0 Å². The number of aromatic nitrogens is 2. The molecule has 4 aliphatic heterocycles. The minimum Gasteiger partial charge on any atom is -0.481 e. The predicted octanol–water partition coefficient (Wildman–Crippen LogP) is -3.28. The molecule has 2 aromatic carbocycles. The summed E-state index contributed by atoms with van der Waals surface area (Å²) in [5, 5.41) is 51.0. The number of nitrogens with one attached hydrogen (secondary N) is 13. The summed E-state index contributed by atoms with van der Waals surface area (Å²) in [6, 6.07) is -3.18. The molecule has 4 bridgehead atoms. The van der Waals surface area contributed by atoms with E-state index in [0.29, 0.717) is 39.4 Å². The fraction of sp³-hybridized carbons (Fsp3) is 0.578. The molecule has 0 saturated carbocycles. The Morgan fingerprint density at radius 2 is 1.10 bits per heavy atom. The third-order valence-corrected chi connectivity index (χ3v) is 25.5. The molecule has 2 aromatic heterocycles. The molecule has 14 unspecified atom stereocenters. The maximum Gasteiger partial charge on any atom is 0.305 e. The van der Waals surface area contributed by atoms with E-state index in [-0.39, 0.29) is 113 Å². The van der Waals surface area contributed by atoms with Crippen LogP contribution in [-0.2, 0) is 104 Å². The van der Waals surface area contributed by atoms with Crippen molar-refractivity contribution in [2.24, 2.45) is 35.1 Å². The second-order valence-electron chi connectivity index (χ2n) is 32.5. The number of likely N-dealkylation sites (N-methyl/N-ethyl adjacent to an activating group) is 1. The number of aromatic amines is 2. The molecular weight excluding hydrogens is 1700 g/mol. The summed E-state index contributed by atoms with van der Waals surface area (Å²) in [5.41, 5.74) is 13.7. The lowest BCUT2D eigenvalue weighted by Gasteiger charge is -2.32. The SMILES string of the molecule is CCC1NC(=O)C(C(C)O)NC(=O)C(CC(=O)C(C)NC(=O)CN(C)C(=O)CCN)CSCC(=O)N2CCC3CCN(CC2)C(=O)CSCC(NC1=O)C(=O)NC(Cc1c[nH]c2ccccc12)C(=O)NC(C(C)C)C(=O)NC(CC(=O)O)C(=O)NCC(=O)NC(Cc1c[nH]c2ccccc12)C(=O)NC(C(C)C)C(=O)N1CCCC1C(=O)NC(C(N)=O)CSCC3=O. The number of thioether (sulfide) groups is 3. The number of hydrogen-bond donors (Lipinski definition) is 17. The summed E-state index contributed by atoms with van der Waals surface area (Å²) < 4.78 is 0. The number of primary amides is 1. The van der Waals surface area contributed by atoms with Crippen LogP contribution in [0.2, 0.25) is 0 Å². The number of nitrogens with zero attached hydrogens (tertiary/aromatic N) is 4. The number of ketones is 2. The second-order valence-corrected chi connectivity index (χ2v) is 35.6. The number of nitrogens with two attached hydrogens (primary N) is 2. The molecule has 0 spiro atoms. The quantitative estimate of drug-likeness (QED) is 0.0438. The smallest absolute Gasteiger partial charge is 0.305 e. The highest BCUT2D eigenvalue weighted by Gasteiger charge is 2.43. The van der Waals surface area contributed by atoms with E-state index < -0.39 is 240 Å². The van der Waals surface area contributed by atoms with E-state index in [2.05, 4.69) is 68.5 Å². The maximum atomic E-state index is 15.4. The van der Waals surface area contributed by atoms with Crippen LogP contribution >= 0.6 is 35.3 Å². The van der Waals surface area contributed by atoms with Crippen molar-refractivity contribution >= 4 is 169 Å². The fourth-order valence-corrected chi connectivity index (χ4v) is 18.0. The molecule has 8 rings (SSSR count). The highest BCUT2D eigenvalue weighted by Crippen LogP contribution is 2.27. The van der Waals surface area contributed by atoms with Gasteiger partial charge in [0, 0.05) is 129 Å². The first-order valence-corrected chi connectivity index (χ1v) is 45.5. The zero-order valence-corrected chi connectivity index (χ0v) is 74.3. The Hall–Kier alpha value is -11.2. The lowest BCUT2D eigenvalue weighted by Crippen LogP contribution is -2.61. The summed E-state index contributed by atoms with van der Waals surface area (Å²) in [7, 11) is 1.36. The summed E-state index contributed by atoms with van der Waals surface area (Å²) in [5.74, 6) is -22.9. The number of amides is 16. The highest BCUT2D eigenvalue weighted by molar-refractivity contribution is 8.00. The van der Waals surface area contributed by atoms with Gasteiger partial charge in [-0.1, -0.05) is 71.0 Å². The van der Waals surface area contributed by atoms with Crippen LogP contribution in [-0.4, -0.2) is 318 Å². The average molecular weight is 1810 g/mol. The van der Waals surface area contributed by atoms with Crippen LogP contribution in [0.1, 0.15) is 111 Å². The van der Waals surface area contributed by atoms with E-state index in [0.717, 1.165) is 47.1 Å². The summed E-state index contributed by atoms with van der Waals surface area (Å²) in [6.45, 7) is 8.54. The van der Waals surface area contributed by atoms with Gasteiger partial charge in [0.15, 0.2) is 5.78 Å². The molecular formula is C83H117N19O21S3. The molecule has 19 N–H and O–H groups in total. The average Bonchev–Trinajstić information content (AvgIpc) is 1.70. The number of aliphatic hydroxyl groups is 1. The minimum atomic E-state index is -1.95. The molecule has 0 radical (unpaired) electrons. The van der Waals surface area contributed by atoms with Crippen molar-refractivity contribution in [2.45, 2.75) is 185 Å². The molecule has 688 valence electrons. The van der Waals surface area contributed by atoms with Gasteiger partial charge in [0.25, 0.3) is 0 Å². The Balaban J connectivity index is 1.18. The van der Waals surface area contributed by atoms with Crippen molar-refractivity contribution in [3.8, 4) is 0 Å². The fourth-order valence-electron chi connectivity index (χ4n) is 15.0. The molecule has 14 atom stereocenters. The van der Waals surface area contributed by atoms with E-state index in [4.69, 9.17) is 11.5 Å². The third-order valence-electron chi connectivity index (χ3n) is 22.4. The zero-order valence-electron chi connectivity index (χ0n) is 71.8. The van der Waals surface area contributed by atoms with Crippen molar-refractivity contribution < 1.29 is 101 Å². The molecule has 4 saturated heterocycles. The number of fused-ring (bicyclic) bond motifs is 11. The first-order valence-electron chi connectivity index (χ1n) is 42.0. The zero-order chi connectivity index (χ0) is 92.3. The van der Waals surface area contributed by atoms with Gasteiger partial charge in [-0.25, -0.2) is 0 Å². The van der Waals surface area contributed by atoms with Gasteiger partial charge in [0.05, 0.1) is 54.8 Å². The molecule has 16 amide bonds. The monoisotopic (exact) mass is 1810 g/mol. The summed E-state index contributed by atoms with van der Waals surface area (Å²) >= 11 is 2.71. The van der Waals surface area contributed by atoms with E-state index in [1.807, 2.05) is 0 Å². The van der Waals surface area contributed by atoms with Crippen LogP contribution in [0.4, 0.5) is 0 Å². The maximum absolute atomic E-state index is 15.4. The molecule has 0 aliphatic carbocycles. The Bertz CT molecular complexity index is 4660. The van der Waals surface area contributed by atoms with E-state index in [1.165, 1.54) is 49.4 Å². The van der Waals surface area contributed by atoms with Gasteiger partial charge in [-0.15, -0.1) is 11.8 Å². The van der Waals surface area contributed by atoms with E-state index in [1.54, 1.807) is 74.8 Å². The van der Waals surface area contributed by atoms with Crippen molar-refractivity contribution in [1.29, 1.82) is 0 Å². The standard InChI is InChI=1S/C83H117N19O21S3/c1-9-53-76(116)95-60-39-126-42-68(110)101-26-22-47(21-25-100(27-28-101)67(109)41-124-37-50(74(114)98-72(46(7)103)82(122)91-53)31-62(104)45(6)89-65(107)36-99(8)66(108)20-23-84)63(105)40-125-38-59(73(85)113)94-80(120)61-19-14-24-102(61)83(123)71(44(4)5)97-77(117)56(29-48-33-86-54-17-12-10-15-51(48)54)90-64(106)35-88-75(115)58(32-69(111)112)93-81(121)70(43(2)3)96-78(118)57(92-79(60)119)30-49-34-87-55-18-13-11-16-52(49)55/h10-13,15-18,33-34,43-47,50,53,56-61,70-72,86-87,103H,9,14,19-32,35-42,84H2,1-8H3,(H2,85,113)(H,88,115)(H,89,107)(H,90,106)(H,91,122)(H,92,119)(H,93,121)(H,94,120)(H,95,116)(H,96,118)(H,97,117)(H,98,114)(H,111,112). The topological polar surface area (TPSA) is 594 Å². The lowest BCUT2D eigenvalue weighted by atomic mass is 9.96. The van der Waals surface area contributed by atoms with Crippen molar-refractivity contribution in [1.82, 2.24) is 88.1 Å². The van der Waals surface area contributed by atoms with Gasteiger partial charge < -0.3 is 110 Å². The first kappa shape index (κ1) is 100. The predicted molar refractivity (Wildman–Crippen MR) is 467 cm³/mol. The third kappa shape index (κ3) is 28.7. The number of carbonyl (C=O) groups is 19. The summed E-state index contributed by atoms with van der Waals surface area (Å²) in [4.78, 5) is 283. The van der Waals surface area contributed by atoms with Gasteiger partial charge in [-0.2, -0.15) is 23.5 Å². The number of Topliss-reactive ketones (excluding diaryl/α,β-unsaturated/α-hetero) is 2. The number of para-hydroxylation sites is 2. The number of H-pyrrole nitrogens is 2. The van der Waals surface area contributed by atoms with E-state index >= 15 is 9.59 Å². The first-order chi connectivity index (χ1) is 59.9. The Labute approximate surface area is 740 Å². The highest BCUT2D eigenvalue weighted by atomic mass is 32.2. The largest absolute Gasteiger partial charge is 0.481 e. The van der Waals surface area contributed by atoms with Crippen molar-refractivity contribution in [2.75, 3.05) is 93.9 Å². The van der Waals surface area contributed by atoms with Crippen LogP contribution in [0.15, 0.2) is 60.9 Å². The number of benzene rings is 2. The molecule has 4 fully saturated rings. The van der Waals surface area contributed by atoms with Gasteiger partial charge in [0.2, 0.25) is 94.5 Å². The Morgan fingerprint density at radius 3 is 1.66 bits per heavy atom. The van der Waals surface area contributed by atoms with Gasteiger partial charge in [0.1, 0.15) is 66.2 Å². The molecule has 6 heterocycles.